The van der Waals surface area contributed by atoms with Gasteiger partial charge in [-0.2, -0.15) is 4.98 Å². The molecule has 0 bridgehead atoms. The normalized spacial score (nSPS) is 15.4. The highest BCUT2D eigenvalue weighted by Crippen LogP contribution is 2.28. The number of rotatable bonds is 5. The van der Waals surface area contributed by atoms with Crippen LogP contribution in [-0.4, -0.2) is 29.3 Å². The van der Waals surface area contributed by atoms with Crippen LogP contribution in [-0.2, 0) is 0 Å². The van der Waals surface area contributed by atoms with Crippen LogP contribution in [0, 0.1) is 6.92 Å². The van der Waals surface area contributed by atoms with Crippen LogP contribution in [0.2, 0.25) is 0 Å². The summed E-state index contributed by atoms with van der Waals surface area (Å²) in [5.74, 6) is 2.12. The molecule has 1 aromatic carbocycles. The molecule has 1 saturated heterocycles. The lowest BCUT2D eigenvalue weighted by molar-refractivity contribution is 0.460. The van der Waals surface area contributed by atoms with E-state index in [2.05, 4.69) is 49.6 Å². The zero-order chi connectivity index (χ0) is 16.1. The molecule has 122 valence electrons. The van der Waals surface area contributed by atoms with Gasteiger partial charge in [-0.05, 0) is 56.5 Å². The summed E-state index contributed by atoms with van der Waals surface area (Å²) < 4.78 is 3.07. The minimum Gasteiger partial charge on any atom is -0.340 e. The van der Waals surface area contributed by atoms with Gasteiger partial charge in [0.15, 0.2) is 0 Å². The van der Waals surface area contributed by atoms with Crippen molar-refractivity contribution in [1.82, 2.24) is 15.3 Å². The minimum atomic E-state index is 0.625. The van der Waals surface area contributed by atoms with Gasteiger partial charge in [0.25, 0.3) is 0 Å². The van der Waals surface area contributed by atoms with Gasteiger partial charge in [0.2, 0.25) is 5.95 Å². The van der Waals surface area contributed by atoms with Crippen LogP contribution in [0.25, 0.3) is 0 Å². The Morgan fingerprint density at radius 2 is 2.09 bits per heavy atom. The summed E-state index contributed by atoms with van der Waals surface area (Å²) >= 11 is 1.49. The van der Waals surface area contributed by atoms with Crippen molar-refractivity contribution in [1.29, 1.82) is 0 Å². The molecule has 3 rings (SSSR count). The molecule has 0 amide bonds. The molecule has 0 spiro atoms. The predicted molar refractivity (Wildman–Crippen MR) is 98.5 cm³/mol. The largest absolute Gasteiger partial charge is 0.340 e. The van der Waals surface area contributed by atoms with Crippen molar-refractivity contribution >= 4 is 29.4 Å². The molecule has 2 heterocycles. The van der Waals surface area contributed by atoms with Crippen LogP contribution in [0.3, 0.4) is 0 Å². The van der Waals surface area contributed by atoms with Crippen LogP contribution in [0.4, 0.5) is 17.5 Å². The number of nitrogens with one attached hydrogen (secondary N) is 3. The molecule has 1 fully saturated rings. The Labute approximate surface area is 141 Å². The molecule has 0 radical (unpaired) electrons. The fourth-order valence-corrected chi connectivity index (χ4v) is 3.15. The zero-order valence-corrected chi connectivity index (χ0v) is 14.4. The molecule has 1 aliphatic rings. The lowest BCUT2D eigenvalue weighted by atomic mass is 9.90. The summed E-state index contributed by atoms with van der Waals surface area (Å²) in [4.78, 5) is 8.81. The zero-order valence-electron chi connectivity index (χ0n) is 13.6. The van der Waals surface area contributed by atoms with Crippen LogP contribution in [0.5, 0.6) is 0 Å². The molecule has 0 unspecified atom stereocenters. The van der Waals surface area contributed by atoms with Crippen LogP contribution in [0.15, 0.2) is 30.5 Å². The molecule has 0 saturated carbocycles. The average Bonchev–Trinajstić information content (AvgIpc) is 2.59. The van der Waals surface area contributed by atoms with E-state index in [1.54, 1.807) is 0 Å². The Kier molecular flexibility index (Phi) is 5.35. The van der Waals surface area contributed by atoms with Crippen molar-refractivity contribution in [3.63, 3.8) is 0 Å². The molecule has 23 heavy (non-hydrogen) atoms. The van der Waals surface area contributed by atoms with Crippen molar-refractivity contribution in [3.05, 3.63) is 41.6 Å². The Hall–Kier alpha value is -1.79. The van der Waals surface area contributed by atoms with Gasteiger partial charge in [0.1, 0.15) is 5.82 Å². The van der Waals surface area contributed by atoms with E-state index in [0.29, 0.717) is 11.9 Å². The number of hydrogen-bond donors (Lipinski definition) is 3. The lowest BCUT2D eigenvalue weighted by Crippen LogP contribution is -2.26. The van der Waals surface area contributed by atoms with Crippen LogP contribution in [0.1, 0.15) is 29.9 Å². The first-order valence-corrected chi connectivity index (χ1v) is 9.19. The highest BCUT2D eigenvalue weighted by Gasteiger charge is 2.15. The third-order valence-corrected chi connectivity index (χ3v) is 4.51. The molecule has 5 nitrogen and oxygen atoms in total. The van der Waals surface area contributed by atoms with Gasteiger partial charge in [0, 0.05) is 23.7 Å². The van der Waals surface area contributed by atoms with Crippen molar-refractivity contribution in [2.45, 2.75) is 25.7 Å². The van der Waals surface area contributed by atoms with E-state index < -0.39 is 0 Å². The quantitative estimate of drug-likeness (QED) is 0.727. The maximum Gasteiger partial charge on any atom is 0.234 e. The van der Waals surface area contributed by atoms with Gasteiger partial charge in [-0.15, -0.1) is 0 Å². The molecule has 1 aliphatic heterocycles. The number of nitrogens with zero attached hydrogens (tertiary/aromatic N) is 2. The third kappa shape index (κ3) is 4.14. The Bertz CT molecular complexity index is 655. The molecule has 3 N–H and O–H groups in total. The maximum atomic E-state index is 4.54. The summed E-state index contributed by atoms with van der Waals surface area (Å²) in [6, 6.07) is 8.69. The Morgan fingerprint density at radius 1 is 1.26 bits per heavy atom. The van der Waals surface area contributed by atoms with Gasteiger partial charge in [-0.1, -0.05) is 24.1 Å². The van der Waals surface area contributed by atoms with Gasteiger partial charge in [0.05, 0.1) is 0 Å². The fraction of sp³-hybridized carbons (Fsp3) is 0.412. The van der Waals surface area contributed by atoms with Gasteiger partial charge in [-0.25, -0.2) is 4.98 Å². The summed E-state index contributed by atoms with van der Waals surface area (Å²) in [6.45, 7) is 4.23. The van der Waals surface area contributed by atoms with E-state index in [-0.39, 0.29) is 0 Å². The van der Waals surface area contributed by atoms with Crippen molar-refractivity contribution in [2.24, 2.45) is 0 Å². The standard InChI is InChI=1S/C17H23N5S/c1-12-11-19-17(22-23-2)21-16(12)20-15-5-3-4-14(10-15)13-6-8-18-9-7-13/h3-5,10-11,13,18H,6-9H2,1-2H3,(H2,19,20,21,22). The van der Waals surface area contributed by atoms with Crippen LogP contribution >= 0.6 is 11.9 Å². The SMILES string of the molecule is CSNc1ncc(C)c(Nc2cccc(C3CCNCC3)c2)n1. The van der Waals surface area contributed by atoms with E-state index in [1.165, 1.54) is 30.4 Å². The van der Waals surface area contributed by atoms with Crippen molar-refractivity contribution in [2.75, 3.05) is 29.4 Å². The predicted octanol–water partition coefficient (Wildman–Crippen LogP) is 3.69. The van der Waals surface area contributed by atoms with E-state index in [0.717, 1.165) is 30.2 Å². The first-order chi connectivity index (χ1) is 11.3. The average molecular weight is 329 g/mol. The Balaban J connectivity index is 1.78. The third-order valence-electron chi connectivity index (χ3n) is 4.12. The second-order valence-corrected chi connectivity index (χ2v) is 6.42. The van der Waals surface area contributed by atoms with E-state index >= 15 is 0 Å². The molecular formula is C17H23N5S. The highest BCUT2D eigenvalue weighted by molar-refractivity contribution is 7.99. The van der Waals surface area contributed by atoms with E-state index in [4.69, 9.17) is 0 Å². The molecule has 2 aromatic rings. The molecular weight excluding hydrogens is 306 g/mol. The van der Waals surface area contributed by atoms with Crippen molar-refractivity contribution < 1.29 is 0 Å². The second kappa shape index (κ2) is 7.66. The molecule has 0 aliphatic carbocycles. The highest BCUT2D eigenvalue weighted by atomic mass is 32.2. The molecule has 6 heteroatoms. The first-order valence-electron chi connectivity index (χ1n) is 7.96. The van der Waals surface area contributed by atoms with Gasteiger partial charge >= 0.3 is 0 Å². The number of hydrogen-bond acceptors (Lipinski definition) is 6. The maximum absolute atomic E-state index is 4.54. The van der Waals surface area contributed by atoms with Crippen LogP contribution < -0.4 is 15.4 Å². The lowest BCUT2D eigenvalue weighted by Gasteiger charge is -2.23. The smallest absolute Gasteiger partial charge is 0.234 e. The number of benzene rings is 1. The number of anilines is 3. The topological polar surface area (TPSA) is 61.9 Å². The van der Waals surface area contributed by atoms with E-state index in [1.807, 2.05) is 19.4 Å². The molecule has 1 aromatic heterocycles. The van der Waals surface area contributed by atoms with E-state index in [9.17, 15) is 0 Å². The second-order valence-electron chi connectivity index (χ2n) is 5.81. The number of aromatic nitrogens is 2. The Morgan fingerprint density at radius 3 is 2.87 bits per heavy atom. The molecule has 0 atom stereocenters. The summed E-state index contributed by atoms with van der Waals surface area (Å²) in [5, 5.41) is 6.86. The summed E-state index contributed by atoms with van der Waals surface area (Å²) in [5.41, 5.74) is 3.52. The summed E-state index contributed by atoms with van der Waals surface area (Å²) in [6.07, 6.45) is 6.21. The fourth-order valence-electron chi connectivity index (χ4n) is 2.87. The summed E-state index contributed by atoms with van der Waals surface area (Å²) in [7, 11) is 0. The number of aryl methyl sites for hydroxylation is 1. The minimum absolute atomic E-state index is 0.625. The van der Waals surface area contributed by atoms with Gasteiger partial charge in [-0.3, -0.25) is 4.72 Å². The monoisotopic (exact) mass is 329 g/mol. The van der Waals surface area contributed by atoms with Crippen molar-refractivity contribution in [3.8, 4) is 0 Å². The van der Waals surface area contributed by atoms with Gasteiger partial charge < -0.3 is 10.6 Å². The number of piperidine rings is 1. The first kappa shape index (κ1) is 16.1.